The number of halogens is 1. The van der Waals surface area contributed by atoms with Crippen LogP contribution in [0.3, 0.4) is 0 Å². The van der Waals surface area contributed by atoms with Gasteiger partial charge in [-0.05, 0) is 30.4 Å². The molecule has 0 spiro atoms. The molecule has 0 saturated heterocycles. The first-order chi connectivity index (χ1) is 7.19. The van der Waals surface area contributed by atoms with Crippen molar-refractivity contribution in [3.8, 4) is 0 Å². The summed E-state index contributed by atoms with van der Waals surface area (Å²) in [6, 6.07) is 4.28. The van der Waals surface area contributed by atoms with E-state index in [4.69, 9.17) is 10.9 Å². The topological polar surface area (TPSA) is 58.6 Å². The van der Waals surface area contributed by atoms with E-state index in [2.05, 4.69) is 12.1 Å². The van der Waals surface area contributed by atoms with Crippen LogP contribution < -0.4 is 5.73 Å². The molecule has 1 aromatic rings. The Kier molecular flexibility index (Phi) is 4.42. The predicted octanol–water partition coefficient (Wildman–Crippen LogP) is 2.42. The smallest absolute Gasteiger partial charge is 0.171 e. The fourth-order valence-corrected chi connectivity index (χ4v) is 2.00. The Labute approximate surface area is 92.2 Å². The first-order valence-corrected chi connectivity index (χ1v) is 5.57. The van der Waals surface area contributed by atoms with Gasteiger partial charge in [0.05, 0.1) is 0 Å². The molecule has 5 heteroatoms. The predicted molar refractivity (Wildman–Crippen MR) is 59.9 cm³/mol. The zero-order valence-electron chi connectivity index (χ0n) is 8.40. The molecule has 1 aromatic carbocycles. The summed E-state index contributed by atoms with van der Waals surface area (Å²) in [5.41, 5.74) is 5.90. The van der Waals surface area contributed by atoms with Crippen LogP contribution in [0, 0.1) is 5.82 Å². The van der Waals surface area contributed by atoms with Crippen LogP contribution in [0.15, 0.2) is 28.3 Å². The maximum atomic E-state index is 13.0. The third-order valence-electron chi connectivity index (χ3n) is 1.79. The van der Waals surface area contributed by atoms with E-state index < -0.39 is 5.82 Å². The van der Waals surface area contributed by atoms with Crippen LogP contribution in [0.1, 0.15) is 18.9 Å². The standard InChI is InChI=1S/C10H13FN2OS/c1-2-5-15-9-4-3-7(11)6-8(9)10(12)13-14/h3-4,6,14H,2,5H2,1H3,(H2,12,13). The van der Waals surface area contributed by atoms with Gasteiger partial charge in [0.25, 0.3) is 0 Å². The molecule has 0 aliphatic carbocycles. The number of rotatable bonds is 4. The van der Waals surface area contributed by atoms with Gasteiger partial charge in [-0.15, -0.1) is 11.8 Å². The number of amidine groups is 1. The zero-order valence-corrected chi connectivity index (χ0v) is 9.22. The summed E-state index contributed by atoms with van der Waals surface area (Å²) in [6.07, 6.45) is 1.01. The number of nitrogens with two attached hydrogens (primary N) is 1. The Morgan fingerprint density at radius 2 is 2.33 bits per heavy atom. The summed E-state index contributed by atoms with van der Waals surface area (Å²) >= 11 is 1.56. The van der Waals surface area contributed by atoms with Crippen molar-refractivity contribution in [1.29, 1.82) is 0 Å². The Bertz CT molecular complexity index is 368. The maximum absolute atomic E-state index is 13.0. The van der Waals surface area contributed by atoms with Crippen LogP contribution in [-0.4, -0.2) is 16.8 Å². The second-order valence-electron chi connectivity index (χ2n) is 2.97. The van der Waals surface area contributed by atoms with Gasteiger partial charge in [-0.25, -0.2) is 4.39 Å². The highest BCUT2D eigenvalue weighted by Crippen LogP contribution is 2.24. The Morgan fingerprint density at radius 1 is 1.60 bits per heavy atom. The molecule has 1 rings (SSSR count). The van der Waals surface area contributed by atoms with Crippen LogP contribution in [0.2, 0.25) is 0 Å². The lowest BCUT2D eigenvalue weighted by Crippen LogP contribution is -2.14. The molecule has 82 valence electrons. The van der Waals surface area contributed by atoms with Crippen LogP contribution in [-0.2, 0) is 0 Å². The van der Waals surface area contributed by atoms with Gasteiger partial charge in [0, 0.05) is 10.5 Å². The van der Waals surface area contributed by atoms with E-state index in [9.17, 15) is 4.39 Å². The van der Waals surface area contributed by atoms with E-state index >= 15 is 0 Å². The molecule has 3 N–H and O–H groups in total. The number of thioether (sulfide) groups is 1. The van der Waals surface area contributed by atoms with E-state index in [1.165, 1.54) is 12.1 Å². The first-order valence-electron chi connectivity index (χ1n) is 4.59. The second kappa shape index (κ2) is 5.60. The van der Waals surface area contributed by atoms with Crippen molar-refractivity contribution >= 4 is 17.6 Å². The van der Waals surface area contributed by atoms with Gasteiger partial charge in [0.2, 0.25) is 0 Å². The molecule has 3 nitrogen and oxygen atoms in total. The third kappa shape index (κ3) is 3.13. The quantitative estimate of drug-likeness (QED) is 0.273. The monoisotopic (exact) mass is 228 g/mol. The van der Waals surface area contributed by atoms with Crippen molar-refractivity contribution in [2.75, 3.05) is 5.75 Å². The zero-order chi connectivity index (χ0) is 11.3. The minimum absolute atomic E-state index is 0.0619. The number of hydrogen-bond donors (Lipinski definition) is 2. The van der Waals surface area contributed by atoms with Crippen molar-refractivity contribution in [2.45, 2.75) is 18.2 Å². The lowest BCUT2D eigenvalue weighted by atomic mass is 10.2. The van der Waals surface area contributed by atoms with Gasteiger partial charge in [0.15, 0.2) is 5.84 Å². The fourth-order valence-electron chi connectivity index (χ4n) is 1.09. The van der Waals surface area contributed by atoms with Gasteiger partial charge < -0.3 is 10.9 Å². The summed E-state index contributed by atoms with van der Waals surface area (Å²) < 4.78 is 13.0. The lowest BCUT2D eigenvalue weighted by molar-refractivity contribution is 0.318. The van der Waals surface area contributed by atoms with Crippen molar-refractivity contribution in [3.05, 3.63) is 29.6 Å². The highest BCUT2D eigenvalue weighted by Gasteiger charge is 2.08. The molecule has 0 atom stereocenters. The average molecular weight is 228 g/mol. The van der Waals surface area contributed by atoms with Crippen molar-refractivity contribution in [3.63, 3.8) is 0 Å². The van der Waals surface area contributed by atoms with Crippen LogP contribution in [0.5, 0.6) is 0 Å². The summed E-state index contributed by atoms with van der Waals surface area (Å²) in [4.78, 5) is 0.827. The van der Waals surface area contributed by atoms with Gasteiger partial charge in [-0.2, -0.15) is 0 Å². The van der Waals surface area contributed by atoms with Crippen molar-refractivity contribution < 1.29 is 9.60 Å². The van der Waals surface area contributed by atoms with E-state index in [0.29, 0.717) is 5.56 Å². The minimum atomic E-state index is -0.391. The Balaban J connectivity index is 3.03. The van der Waals surface area contributed by atoms with Crippen molar-refractivity contribution in [1.82, 2.24) is 0 Å². The fraction of sp³-hybridized carbons (Fsp3) is 0.300. The minimum Gasteiger partial charge on any atom is -0.409 e. The van der Waals surface area contributed by atoms with E-state index in [1.807, 2.05) is 0 Å². The van der Waals surface area contributed by atoms with E-state index in [1.54, 1.807) is 17.8 Å². The Hall–Kier alpha value is -1.23. The maximum Gasteiger partial charge on any atom is 0.171 e. The molecule has 0 unspecified atom stereocenters. The second-order valence-corrected chi connectivity index (χ2v) is 4.11. The van der Waals surface area contributed by atoms with Crippen LogP contribution in [0.4, 0.5) is 4.39 Å². The highest BCUT2D eigenvalue weighted by atomic mass is 32.2. The molecular weight excluding hydrogens is 215 g/mol. The van der Waals surface area contributed by atoms with Crippen LogP contribution in [0.25, 0.3) is 0 Å². The largest absolute Gasteiger partial charge is 0.409 e. The Morgan fingerprint density at radius 3 is 2.93 bits per heavy atom. The molecule has 15 heavy (non-hydrogen) atoms. The molecule has 0 aliphatic rings. The molecule has 0 bridgehead atoms. The van der Waals surface area contributed by atoms with Gasteiger partial charge in [-0.3, -0.25) is 0 Å². The highest BCUT2D eigenvalue weighted by molar-refractivity contribution is 7.99. The molecule has 0 radical (unpaired) electrons. The van der Waals surface area contributed by atoms with Gasteiger partial charge >= 0.3 is 0 Å². The molecule has 0 saturated carbocycles. The summed E-state index contributed by atoms with van der Waals surface area (Å²) in [7, 11) is 0. The van der Waals surface area contributed by atoms with E-state index in [-0.39, 0.29) is 5.84 Å². The van der Waals surface area contributed by atoms with E-state index in [0.717, 1.165) is 17.1 Å². The summed E-state index contributed by atoms with van der Waals surface area (Å²) in [5, 5.41) is 11.4. The SMILES string of the molecule is CCCSc1ccc(F)cc1C(N)=NO. The average Bonchev–Trinajstić information content (AvgIpc) is 2.26. The van der Waals surface area contributed by atoms with Crippen LogP contribution >= 0.6 is 11.8 Å². The molecule has 0 aliphatic heterocycles. The third-order valence-corrected chi connectivity index (χ3v) is 3.07. The number of oxime groups is 1. The van der Waals surface area contributed by atoms with Gasteiger partial charge in [-0.1, -0.05) is 12.1 Å². The van der Waals surface area contributed by atoms with Crippen molar-refractivity contribution in [2.24, 2.45) is 10.9 Å². The lowest BCUT2D eigenvalue weighted by Gasteiger charge is -2.07. The normalized spacial score (nSPS) is 11.7. The number of nitrogens with zero attached hydrogens (tertiary/aromatic N) is 1. The number of benzene rings is 1. The summed E-state index contributed by atoms with van der Waals surface area (Å²) in [6.45, 7) is 2.06. The summed E-state index contributed by atoms with van der Waals surface area (Å²) in [5.74, 6) is 0.461. The molecule has 0 fully saturated rings. The molecule has 0 heterocycles. The molecular formula is C10H13FN2OS. The van der Waals surface area contributed by atoms with Gasteiger partial charge in [0.1, 0.15) is 5.82 Å². The first kappa shape index (κ1) is 11.8. The number of hydrogen-bond acceptors (Lipinski definition) is 3. The molecule has 0 amide bonds. The molecule has 0 aromatic heterocycles.